The van der Waals surface area contributed by atoms with Crippen LogP contribution in [0.4, 0.5) is 0 Å². The minimum atomic E-state index is 0.227. The molecular formula is C19H13NO2S. The summed E-state index contributed by atoms with van der Waals surface area (Å²) in [5.74, 6) is 0.782. The lowest BCUT2D eigenvalue weighted by Crippen LogP contribution is -1.90. The van der Waals surface area contributed by atoms with Gasteiger partial charge in [0.25, 0.3) is 4.84 Å². The van der Waals surface area contributed by atoms with Crippen molar-refractivity contribution >= 4 is 34.0 Å². The highest BCUT2D eigenvalue weighted by atomic mass is 32.1. The molecule has 0 unspecified atom stereocenters. The number of methoxy groups -OCH3 is 1. The van der Waals surface area contributed by atoms with Gasteiger partial charge in [-0.05, 0) is 41.2 Å². The van der Waals surface area contributed by atoms with Gasteiger partial charge in [0.1, 0.15) is 11.3 Å². The molecule has 4 aromatic rings. The molecule has 3 aromatic carbocycles. The number of hydrogen-bond acceptors (Lipinski definition) is 4. The molecule has 0 bridgehead atoms. The van der Waals surface area contributed by atoms with Crippen LogP contribution in [0.5, 0.6) is 5.75 Å². The molecule has 3 nitrogen and oxygen atoms in total. The summed E-state index contributed by atoms with van der Waals surface area (Å²) in [4.78, 5) is 4.72. The largest absolute Gasteiger partial charge is 0.497 e. The maximum absolute atomic E-state index is 5.66. The van der Waals surface area contributed by atoms with E-state index >= 15 is 0 Å². The van der Waals surface area contributed by atoms with E-state index in [0.29, 0.717) is 0 Å². The van der Waals surface area contributed by atoms with Gasteiger partial charge in [0.15, 0.2) is 0 Å². The van der Waals surface area contributed by atoms with Crippen LogP contribution in [0.25, 0.3) is 33.0 Å². The van der Waals surface area contributed by atoms with Crippen LogP contribution in [0.2, 0.25) is 0 Å². The van der Waals surface area contributed by atoms with E-state index in [1.54, 1.807) is 7.11 Å². The lowest BCUT2D eigenvalue weighted by atomic mass is 10.0. The third-order valence-electron chi connectivity index (χ3n) is 3.87. The minimum Gasteiger partial charge on any atom is -0.497 e. The van der Waals surface area contributed by atoms with Crippen molar-refractivity contribution in [3.8, 4) is 17.0 Å². The quantitative estimate of drug-likeness (QED) is 0.367. The van der Waals surface area contributed by atoms with E-state index in [-0.39, 0.29) is 4.84 Å². The number of fused-ring (bicyclic) bond motifs is 3. The van der Waals surface area contributed by atoms with Crippen LogP contribution in [0.1, 0.15) is 0 Å². The van der Waals surface area contributed by atoms with E-state index in [1.807, 2.05) is 48.5 Å². The van der Waals surface area contributed by atoms with Crippen molar-refractivity contribution < 1.29 is 9.15 Å². The van der Waals surface area contributed by atoms with Crippen molar-refractivity contribution in [3.63, 3.8) is 0 Å². The third kappa shape index (κ3) is 2.37. The Morgan fingerprint density at radius 1 is 1.00 bits per heavy atom. The predicted octanol–water partition coefficient (Wildman–Crippen LogP) is 5.39. The van der Waals surface area contributed by atoms with Crippen LogP contribution >= 0.6 is 12.2 Å². The van der Waals surface area contributed by atoms with Gasteiger partial charge < -0.3 is 9.15 Å². The Morgan fingerprint density at radius 3 is 2.74 bits per heavy atom. The summed E-state index contributed by atoms with van der Waals surface area (Å²) >= 11 is 5.20. The summed E-state index contributed by atoms with van der Waals surface area (Å²) in [5, 5.41) is 3.19. The second-order valence-corrected chi connectivity index (χ2v) is 5.57. The molecule has 4 rings (SSSR count). The number of aromatic nitrogens is 1. The highest BCUT2D eigenvalue weighted by molar-refractivity contribution is 7.71. The van der Waals surface area contributed by atoms with Crippen molar-refractivity contribution in [2.24, 2.45) is 0 Å². The molecular weight excluding hydrogens is 306 g/mol. The SMILES string of the molecule is COc1cccc(-c2nc(=S)oc3ccc4ccccc4c23)c1. The Kier molecular flexibility index (Phi) is 3.32. The Balaban J connectivity index is 2.16. The molecule has 0 aliphatic heterocycles. The Bertz CT molecular complexity index is 1090. The van der Waals surface area contributed by atoms with Crippen molar-refractivity contribution in [2.75, 3.05) is 7.11 Å². The maximum atomic E-state index is 5.66. The second kappa shape index (κ2) is 5.48. The summed E-state index contributed by atoms with van der Waals surface area (Å²) in [6.07, 6.45) is 0. The molecule has 0 aliphatic carbocycles. The van der Waals surface area contributed by atoms with Crippen molar-refractivity contribution in [1.29, 1.82) is 0 Å². The van der Waals surface area contributed by atoms with Crippen molar-refractivity contribution in [1.82, 2.24) is 4.98 Å². The van der Waals surface area contributed by atoms with Gasteiger partial charge in [-0.2, -0.15) is 0 Å². The van der Waals surface area contributed by atoms with Crippen LogP contribution in [0.3, 0.4) is 0 Å². The normalized spacial score (nSPS) is 11.0. The second-order valence-electron chi connectivity index (χ2n) is 5.22. The molecule has 23 heavy (non-hydrogen) atoms. The van der Waals surface area contributed by atoms with Crippen LogP contribution in [0.15, 0.2) is 65.1 Å². The minimum absolute atomic E-state index is 0.227. The average Bonchev–Trinajstić information content (AvgIpc) is 2.60. The Morgan fingerprint density at radius 2 is 1.87 bits per heavy atom. The van der Waals surface area contributed by atoms with Gasteiger partial charge in [0, 0.05) is 5.56 Å². The van der Waals surface area contributed by atoms with Gasteiger partial charge in [-0.3, -0.25) is 0 Å². The maximum Gasteiger partial charge on any atom is 0.289 e. The van der Waals surface area contributed by atoms with Gasteiger partial charge in [0.05, 0.1) is 18.2 Å². The fourth-order valence-corrected chi connectivity index (χ4v) is 3.01. The predicted molar refractivity (Wildman–Crippen MR) is 94.3 cm³/mol. The van der Waals surface area contributed by atoms with Crippen LogP contribution in [-0.2, 0) is 0 Å². The molecule has 0 atom stereocenters. The number of rotatable bonds is 2. The van der Waals surface area contributed by atoms with E-state index in [1.165, 1.54) is 0 Å². The first-order valence-electron chi connectivity index (χ1n) is 7.23. The smallest absolute Gasteiger partial charge is 0.289 e. The Labute approximate surface area is 138 Å². The Hall–Kier alpha value is -2.72. The third-order valence-corrected chi connectivity index (χ3v) is 4.05. The molecule has 0 N–H and O–H groups in total. The molecule has 1 aromatic heterocycles. The zero-order chi connectivity index (χ0) is 15.8. The number of nitrogens with zero attached hydrogens (tertiary/aromatic N) is 1. The molecule has 112 valence electrons. The average molecular weight is 319 g/mol. The monoisotopic (exact) mass is 319 g/mol. The standard InChI is InChI=1S/C19H13NO2S/c1-21-14-7-4-6-13(11-14)18-17-15-8-3-2-5-12(15)9-10-16(17)22-19(23)20-18/h2-11H,1H3. The topological polar surface area (TPSA) is 35.3 Å². The fourth-order valence-electron chi connectivity index (χ4n) is 2.82. The van der Waals surface area contributed by atoms with Crippen LogP contribution < -0.4 is 4.74 Å². The molecule has 0 fully saturated rings. The van der Waals surface area contributed by atoms with E-state index in [4.69, 9.17) is 21.4 Å². The molecule has 1 heterocycles. The summed E-state index contributed by atoms with van der Waals surface area (Å²) in [7, 11) is 1.65. The van der Waals surface area contributed by atoms with Crippen molar-refractivity contribution in [3.05, 3.63) is 65.5 Å². The first-order chi connectivity index (χ1) is 11.3. The zero-order valence-corrected chi connectivity index (χ0v) is 13.3. The van der Waals surface area contributed by atoms with Crippen LogP contribution in [0, 0.1) is 4.84 Å². The fraction of sp³-hybridized carbons (Fsp3) is 0.0526. The molecule has 0 spiro atoms. The van der Waals surface area contributed by atoms with E-state index in [0.717, 1.165) is 38.7 Å². The molecule has 0 saturated carbocycles. The van der Waals surface area contributed by atoms with Gasteiger partial charge >= 0.3 is 0 Å². The highest BCUT2D eigenvalue weighted by Gasteiger charge is 2.12. The lowest BCUT2D eigenvalue weighted by molar-refractivity contribution is 0.415. The molecule has 0 saturated heterocycles. The number of hydrogen-bond donors (Lipinski definition) is 0. The first kappa shape index (κ1) is 13.9. The van der Waals surface area contributed by atoms with Gasteiger partial charge in [0.2, 0.25) is 0 Å². The zero-order valence-electron chi connectivity index (χ0n) is 12.4. The molecule has 0 amide bonds. The number of benzene rings is 3. The molecule has 0 aliphatic rings. The van der Waals surface area contributed by atoms with Crippen molar-refractivity contribution in [2.45, 2.75) is 0 Å². The first-order valence-corrected chi connectivity index (χ1v) is 7.64. The lowest BCUT2D eigenvalue weighted by Gasteiger charge is -2.09. The molecule has 0 radical (unpaired) electrons. The van der Waals surface area contributed by atoms with E-state index < -0.39 is 0 Å². The van der Waals surface area contributed by atoms with Gasteiger partial charge in [-0.1, -0.05) is 42.5 Å². The van der Waals surface area contributed by atoms with Crippen LogP contribution in [-0.4, -0.2) is 12.1 Å². The highest BCUT2D eigenvalue weighted by Crippen LogP contribution is 2.34. The summed E-state index contributed by atoms with van der Waals surface area (Å²) in [6, 6.07) is 20.0. The van der Waals surface area contributed by atoms with Gasteiger partial charge in [-0.25, -0.2) is 4.98 Å². The summed E-state index contributed by atoms with van der Waals surface area (Å²) in [5.41, 5.74) is 2.50. The van der Waals surface area contributed by atoms with Gasteiger partial charge in [-0.15, -0.1) is 0 Å². The number of ether oxygens (including phenoxy) is 1. The van der Waals surface area contributed by atoms with E-state index in [2.05, 4.69) is 17.1 Å². The van der Waals surface area contributed by atoms with E-state index in [9.17, 15) is 0 Å². The molecule has 4 heteroatoms. The summed E-state index contributed by atoms with van der Waals surface area (Å²) in [6.45, 7) is 0. The summed E-state index contributed by atoms with van der Waals surface area (Å²) < 4.78 is 11.0.